The summed E-state index contributed by atoms with van der Waals surface area (Å²) in [5.41, 5.74) is 2.11. The lowest BCUT2D eigenvalue weighted by atomic mass is 10.1. The van der Waals surface area contributed by atoms with Crippen molar-refractivity contribution in [2.45, 2.75) is 13.0 Å². The van der Waals surface area contributed by atoms with Crippen LogP contribution in [0, 0.1) is 0 Å². The molecule has 0 bridgehead atoms. The zero-order valence-corrected chi connectivity index (χ0v) is 17.5. The van der Waals surface area contributed by atoms with Gasteiger partial charge in [0.25, 0.3) is 5.91 Å². The summed E-state index contributed by atoms with van der Waals surface area (Å²) in [6, 6.07) is 12.2. The number of ether oxygens (including phenoxy) is 2. The van der Waals surface area contributed by atoms with Crippen molar-refractivity contribution in [1.29, 1.82) is 0 Å². The molecule has 9 heteroatoms. The Balaban J connectivity index is 1.51. The maximum Gasteiger partial charge on any atom is 0.270 e. The Labute approximate surface area is 178 Å². The van der Waals surface area contributed by atoms with E-state index in [4.69, 9.17) is 9.47 Å². The molecule has 2 aromatic carbocycles. The summed E-state index contributed by atoms with van der Waals surface area (Å²) in [6.07, 6.45) is 0. The summed E-state index contributed by atoms with van der Waals surface area (Å²) in [5, 5.41) is 3.41. The van der Waals surface area contributed by atoms with E-state index in [1.54, 1.807) is 44.2 Å². The third kappa shape index (κ3) is 3.76. The number of para-hydroxylation sites is 1. The van der Waals surface area contributed by atoms with Gasteiger partial charge in [0.15, 0.2) is 5.17 Å². The lowest BCUT2D eigenvalue weighted by Crippen LogP contribution is -2.42. The second-order valence-corrected chi connectivity index (χ2v) is 7.61. The molecular formula is C21H20N4O4S. The lowest BCUT2D eigenvalue weighted by molar-refractivity contribution is -0.119. The normalized spacial score (nSPS) is 17.0. The van der Waals surface area contributed by atoms with Crippen molar-refractivity contribution in [3.05, 3.63) is 48.0 Å². The Hall–Kier alpha value is -3.33. The Morgan fingerprint density at radius 2 is 1.83 bits per heavy atom. The average Bonchev–Trinajstić information content (AvgIpc) is 3.06. The molecule has 2 aliphatic rings. The van der Waals surface area contributed by atoms with Gasteiger partial charge in [0.1, 0.15) is 23.4 Å². The van der Waals surface area contributed by atoms with E-state index in [0.717, 1.165) is 11.3 Å². The van der Waals surface area contributed by atoms with Crippen LogP contribution >= 0.6 is 11.8 Å². The molecule has 1 atom stereocenters. The molecule has 2 amide bonds. The quantitative estimate of drug-likeness (QED) is 0.793. The van der Waals surface area contributed by atoms with E-state index < -0.39 is 6.04 Å². The number of methoxy groups -OCH3 is 2. The van der Waals surface area contributed by atoms with E-state index >= 15 is 0 Å². The number of hydrogen-bond acceptors (Lipinski definition) is 7. The zero-order chi connectivity index (χ0) is 21.3. The molecule has 30 heavy (non-hydrogen) atoms. The average molecular weight is 424 g/mol. The summed E-state index contributed by atoms with van der Waals surface area (Å²) in [4.78, 5) is 35.4. The van der Waals surface area contributed by atoms with Gasteiger partial charge in [-0.25, -0.2) is 4.99 Å². The van der Waals surface area contributed by atoms with E-state index in [1.807, 2.05) is 24.3 Å². The lowest BCUT2D eigenvalue weighted by Gasteiger charge is -2.29. The third-order valence-corrected chi connectivity index (χ3v) is 5.68. The van der Waals surface area contributed by atoms with Crippen LogP contribution in [-0.2, 0) is 9.59 Å². The Morgan fingerprint density at radius 1 is 1.13 bits per heavy atom. The van der Waals surface area contributed by atoms with Crippen LogP contribution in [0.3, 0.4) is 0 Å². The molecule has 1 N–H and O–H groups in total. The topological polar surface area (TPSA) is 92.6 Å². The minimum Gasteiger partial charge on any atom is -0.497 e. The van der Waals surface area contributed by atoms with Crippen molar-refractivity contribution in [2.75, 3.05) is 25.3 Å². The number of fused-ring (bicyclic) bond motifs is 3. The molecule has 2 aliphatic heterocycles. The first-order chi connectivity index (χ1) is 14.5. The van der Waals surface area contributed by atoms with Gasteiger partial charge in [0.05, 0.1) is 25.7 Å². The van der Waals surface area contributed by atoms with E-state index in [2.05, 4.69) is 15.3 Å². The number of hydrogen-bond donors (Lipinski definition) is 1. The number of anilines is 1. The van der Waals surface area contributed by atoms with Crippen LogP contribution in [0.1, 0.15) is 12.5 Å². The number of amides is 2. The van der Waals surface area contributed by atoms with Crippen molar-refractivity contribution in [2.24, 2.45) is 9.98 Å². The van der Waals surface area contributed by atoms with Crippen LogP contribution in [0.15, 0.2) is 52.4 Å². The van der Waals surface area contributed by atoms with Crippen molar-refractivity contribution in [1.82, 2.24) is 4.90 Å². The van der Waals surface area contributed by atoms with Crippen molar-refractivity contribution in [3.63, 3.8) is 0 Å². The number of rotatable bonds is 5. The Kier molecular flexibility index (Phi) is 5.45. The molecule has 4 rings (SSSR count). The molecule has 8 nitrogen and oxygen atoms in total. The van der Waals surface area contributed by atoms with Gasteiger partial charge in [0, 0.05) is 29.4 Å². The summed E-state index contributed by atoms with van der Waals surface area (Å²) >= 11 is 1.26. The van der Waals surface area contributed by atoms with Gasteiger partial charge >= 0.3 is 0 Å². The molecule has 0 radical (unpaired) electrons. The highest BCUT2D eigenvalue weighted by Gasteiger charge is 2.39. The number of carbonyl (C=O) groups is 2. The zero-order valence-electron chi connectivity index (χ0n) is 16.7. The minimum absolute atomic E-state index is 0.116. The number of nitrogens with zero attached hydrogens (tertiary/aromatic N) is 3. The number of carbonyl (C=O) groups excluding carboxylic acids is 2. The molecule has 0 saturated heterocycles. The van der Waals surface area contributed by atoms with Gasteiger partial charge < -0.3 is 14.8 Å². The number of nitrogens with one attached hydrogen (secondary N) is 1. The van der Waals surface area contributed by atoms with Crippen LogP contribution in [0.4, 0.5) is 11.4 Å². The molecule has 0 saturated carbocycles. The van der Waals surface area contributed by atoms with Crippen molar-refractivity contribution < 1.29 is 19.1 Å². The first-order valence-electron chi connectivity index (χ1n) is 9.25. The van der Waals surface area contributed by atoms with Gasteiger partial charge in [0.2, 0.25) is 5.91 Å². The molecule has 0 fully saturated rings. The maximum absolute atomic E-state index is 12.6. The number of aliphatic imine (C=N–C) groups is 2. The SMILES string of the molecule is COc1cc(NC(=O)CSC2=Nc3ccccc3C3=NC(=O)C(C)N23)cc(OC)c1. The third-order valence-electron chi connectivity index (χ3n) is 4.72. The van der Waals surface area contributed by atoms with Gasteiger partial charge in [-0.3, -0.25) is 14.5 Å². The predicted octanol–water partition coefficient (Wildman–Crippen LogP) is 3.05. The summed E-state index contributed by atoms with van der Waals surface area (Å²) in [5.74, 6) is 1.42. The molecule has 1 unspecified atom stereocenters. The summed E-state index contributed by atoms with van der Waals surface area (Å²) in [7, 11) is 3.10. The molecular weight excluding hydrogens is 404 g/mol. The van der Waals surface area contributed by atoms with E-state index in [0.29, 0.717) is 28.2 Å². The van der Waals surface area contributed by atoms with Gasteiger partial charge in [-0.05, 0) is 19.1 Å². The summed E-state index contributed by atoms with van der Waals surface area (Å²) in [6.45, 7) is 1.78. The highest BCUT2D eigenvalue weighted by Crippen LogP contribution is 2.34. The molecule has 0 aliphatic carbocycles. The molecule has 0 aromatic heterocycles. The second-order valence-electron chi connectivity index (χ2n) is 6.67. The number of thioether (sulfide) groups is 1. The molecule has 154 valence electrons. The molecule has 0 spiro atoms. The van der Waals surface area contributed by atoms with Crippen LogP contribution < -0.4 is 14.8 Å². The minimum atomic E-state index is -0.453. The monoisotopic (exact) mass is 424 g/mol. The van der Waals surface area contributed by atoms with E-state index in [-0.39, 0.29) is 17.6 Å². The Morgan fingerprint density at radius 3 is 2.53 bits per heavy atom. The summed E-state index contributed by atoms with van der Waals surface area (Å²) < 4.78 is 10.5. The van der Waals surface area contributed by atoms with Crippen LogP contribution in [-0.4, -0.2) is 53.7 Å². The van der Waals surface area contributed by atoms with E-state index in [9.17, 15) is 9.59 Å². The fourth-order valence-corrected chi connectivity index (χ4v) is 4.10. The first kappa shape index (κ1) is 20.0. The fourth-order valence-electron chi connectivity index (χ4n) is 3.22. The van der Waals surface area contributed by atoms with Gasteiger partial charge in [-0.1, -0.05) is 23.9 Å². The number of benzene rings is 2. The van der Waals surface area contributed by atoms with Gasteiger partial charge in [-0.2, -0.15) is 4.99 Å². The van der Waals surface area contributed by atoms with E-state index in [1.165, 1.54) is 11.8 Å². The largest absolute Gasteiger partial charge is 0.497 e. The first-order valence-corrected chi connectivity index (χ1v) is 10.2. The second kappa shape index (κ2) is 8.19. The molecule has 2 aromatic rings. The van der Waals surface area contributed by atoms with Crippen LogP contribution in [0.5, 0.6) is 11.5 Å². The predicted molar refractivity (Wildman–Crippen MR) is 117 cm³/mol. The van der Waals surface area contributed by atoms with Gasteiger partial charge in [-0.15, -0.1) is 0 Å². The van der Waals surface area contributed by atoms with Crippen molar-refractivity contribution in [3.8, 4) is 11.5 Å². The highest BCUT2D eigenvalue weighted by molar-refractivity contribution is 8.14. The fraction of sp³-hybridized carbons (Fsp3) is 0.238. The van der Waals surface area contributed by atoms with Crippen LogP contribution in [0.2, 0.25) is 0 Å². The maximum atomic E-state index is 12.6. The van der Waals surface area contributed by atoms with Crippen molar-refractivity contribution >= 4 is 46.0 Å². The molecule has 2 heterocycles. The van der Waals surface area contributed by atoms with Crippen LogP contribution in [0.25, 0.3) is 0 Å². The smallest absolute Gasteiger partial charge is 0.270 e. The Bertz CT molecular complexity index is 1060. The number of amidine groups is 2. The standard InChI is InChI=1S/C21H20N4O4S/c1-12-20(27)24-19-16-6-4-5-7-17(16)23-21(25(12)19)30-11-18(26)22-13-8-14(28-2)10-15(9-13)29-3/h4-10,12H,11H2,1-3H3,(H,22,26). The highest BCUT2D eigenvalue weighted by atomic mass is 32.2.